The van der Waals surface area contributed by atoms with Crippen LogP contribution >= 0.6 is 0 Å². The summed E-state index contributed by atoms with van der Waals surface area (Å²) < 4.78 is 0. The molecule has 0 bridgehead atoms. The fourth-order valence-corrected chi connectivity index (χ4v) is 1.47. The minimum atomic E-state index is -0.374. The maximum Gasteiger partial charge on any atom is 0.385 e. The Morgan fingerprint density at radius 1 is 1.31 bits per heavy atom. The van der Waals surface area contributed by atoms with Crippen molar-refractivity contribution in [1.29, 1.82) is 5.39 Å². The predicted octanol–water partition coefficient (Wildman–Crippen LogP) is 1.22. The van der Waals surface area contributed by atoms with Gasteiger partial charge >= 0.3 is 11.7 Å². The summed E-state index contributed by atoms with van der Waals surface area (Å²) in [4.78, 5) is 26.7. The van der Waals surface area contributed by atoms with E-state index in [-0.39, 0.29) is 25.0 Å². The third-order valence-electron chi connectivity index (χ3n) is 2.33. The lowest BCUT2D eigenvalue weighted by atomic mass is 10.2. The van der Waals surface area contributed by atoms with Crippen LogP contribution in [0.4, 0.5) is 10.5 Å². The van der Waals surface area contributed by atoms with Gasteiger partial charge in [-0.15, -0.1) is 0 Å². The highest BCUT2D eigenvalue weighted by Crippen LogP contribution is 2.14. The van der Waals surface area contributed by atoms with Crippen LogP contribution in [0.5, 0.6) is 0 Å². The van der Waals surface area contributed by atoms with Crippen LogP contribution in [-0.4, -0.2) is 23.4 Å². The number of diazo groups is 1. The van der Waals surface area contributed by atoms with Crippen molar-refractivity contribution in [3.05, 3.63) is 34.8 Å². The van der Waals surface area contributed by atoms with Crippen LogP contribution in [0.3, 0.4) is 0 Å². The molecular formula is C10H9N4O2+. The molecule has 0 saturated carbocycles. The fourth-order valence-electron chi connectivity index (χ4n) is 1.47. The molecule has 0 aromatic heterocycles. The van der Waals surface area contributed by atoms with Crippen molar-refractivity contribution < 1.29 is 9.59 Å². The number of carbonyl (C=O) groups is 2. The van der Waals surface area contributed by atoms with E-state index in [0.717, 1.165) is 10.5 Å². The highest BCUT2D eigenvalue weighted by molar-refractivity contribution is 6.01. The number of amides is 3. The number of hydrogen-bond acceptors (Lipinski definition) is 3. The van der Waals surface area contributed by atoms with Crippen LogP contribution in [0.25, 0.3) is 4.98 Å². The normalized spacial score (nSPS) is 14.8. The molecule has 3 amide bonds. The molecule has 0 spiro atoms. The second kappa shape index (κ2) is 3.98. The van der Waals surface area contributed by atoms with Crippen molar-refractivity contribution in [2.24, 2.45) is 0 Å². The minimum absolute atomic E-state index is 0.0584. The number of nitrogens with zero attached hydrogens (tertiary/aromatic N) is 3. The Labute approximate surface area is 91.5 Å². The smallest absolute Gasteiger partial charge is 0.329 e. The molecule has 1 aliphatic heterocycles. The summed E-state index contributed by atoms with van der Waals surface area (Å²) in [6, 6.07) is 6.24. The lowest BCUT2D eigenvalue weighted by molar-refractivity contribution is -0.125. The van der Waals surface area contributed by atoms with E-state index in [0.29, 0.717) is 5.69 Å². The summed E-state index contributed by atoms with van der Waals surface area (Å²) >= 11 is 0. The van der Waals surface area contributed by atoms with Crippen LogP contribution in [0, 0.1) is 5.39 Å². The van der Waals surface area contributed by atoms with Crippen molar-refractivity contribution in [3.8, 4) is 0 Å². The number of urea groups is 1. The highest BCUT2D eigenvalue weighted by atomic mass is 16.2. The molecule has 1 aromatic rings. The summed E-state index contributed by atoms with van der Waals surface area (Å²) in [6.07, 6.45) is 0. The van der Waals surface area contributed by atoms with Crippen molar-refractivity contribution in [2.75, 3.05) is 6.54 Å². The van der Waals surface area contributed by atoms with Crippen LogP contribution in [0.15, 0.2) is 24.3 Å². The van der Waals surface area contributed by atoms with Crippen molar-refractivity contribution in [1.82, 2.24) is 10.2 Å². The van der Waals surface area contributed by atoms with Gasteiger partial charge in [0.1, 0.15) is 0 Å². The molecule has 16 heavy (non-hydrogen) atoms. The molecule has 1 aromatic carbocycles. The molecule has 0 radical (unpaired) electrons. The Bertz CT molecular complexity index is 459. The average Bonchev–Trinajstić information content (AvgIpc) is 2.62. The molecule has 1 fully saturated rings. The number of carbonyl (C=O) groups excluding carboxylic acids is 2. The molecule has 1 saturated heterocycles. The third kappa shape index (κ3) is 1.83. The van der Waals surface area contributed by atoms with Crippen LogP contribution < -0.4 is 5.32 Å². The SMILES string of the molecule is N#[N+]c1ccc(CN2C(=O)CNC2=O)cc1. The van der Waals surface area contributed by atoms with Gasteiger partial charge in [-0.2, -0.15) is 0 Å². The van der Waals surface area contributed by atoms with Crippen molar-refractivity contribution in [2.45, 2.75) is 6.54 Å². The maximum atomic E-state index is 11.3. The molecule has 1 aliphatic rings. The third-order valence-corrected chi connectivity index (χ3v) is 2.33. The standard InChI is InChI=1S/C10H8N4O2/c11-13-8-3-1-7(2-4-8)6-14-9(15)5-12-10(14)16/h1-4H,5-6H2/p+1. The number of nitrogens with one attached hydrogen (secondary N) is 1. The number of benzene rings is 1. The predicted molar refractivity (Wildman–Crippen MR) is 55.1 cm³/mol. The van der Waals surface area contributed by atoms with Crippen LogP contribution in [0.2, 0.25) is 0 Å². The fraction of sp³-hybridized carbons (Fsp3) is 0.200. The van der Waals surface area contributed by atoms with E-state index in [4.69, 9.17) is 5.39 Å². The molecule has 1 N–H and O–H groups in total. The summed E-state index contributed by atoms with van der Waals surface area (Å²) in [6.45, 7) is 0.291. The maximum absolute atomic E-state index is 11.3. The number of hydrogen-bond donors (Lipinski definition) is 1. The Balaban J connectivity index is 2.12. The summed E-state index contributed by atoms with van der Waals surface area (Å²) in [7, 11) is 0. The van der Waals surface area contributed by atoms with Gasteiger partial charge in [-0.05, 0) is 17.7 Å². The van der Waals surface area contributed by atoms with Gasteiger partial charge in [0.05, 0.1) is 13.1 Å². The van der Waals surface area contributed by atoms with E-state index >= 15 is 0 Å². The Morgan fingerprint density at radius 2 is 2.00 bits per heavy atom. The molecule has 6 heteroatoms. The van der Waals surface area contributed by atoms with Gasteiger partial charge in [-0.1, -0.05) is 0 Å². The van der Waals surface area contributed by atoms with Gasteiger partial charge < -0.3 is 5.32 Å². The minimum Gasteiger partial charge on any atom is -0.329 e. The molecule has 80 valence electrons. The van der Waals surface area contributed by atoms with E-state index in [2.05, 4.69) is 10.3 Å². The Morgan fingerprint density at radius 3 is 2.50 bits per heavy atom. The lowest BCUT2D eigenvalue weighted by Crippen LogP contribution is -2.30. The lowest BCUT2D eigenvalue weighted by Gasteiger charge is -2.11. The Kier molecular flexibility index (Phi) is 2.52. The second-order valence-corrected chi connectivity index (χ2v) is 3.41. The zero-order valence-electron chi connectivity index (χ0n) is 8.38. The zero-order valence-corrected chi connectivity index (χ0v) is 8.38. The molecule has 0 atom stereocenters. The summed E-state index contributed by atoms with van der Waals surface area (Å²) in [5.41, 5.74) is 1.23. The van der Waals surface area contributed by atoms with E-state index in [1.165, 1.54) is 0 Å². The van der Waals surface area contributed by atoms with Crippen molar-refractivity contribution in [3.63, 3.8) is 0 Å². The monoisotopic (exact) mass is 217 g/mol. The van der Waals surface area contributed by atoms with Crippen molar-refractivity contribution >= 4 is 17.6 Å². The van der Waals surface area contributed by atoms with Gasteiger partial charge in [0.15, 0.2) is 4.98 Å². The van der Waals surface area contributed by atoms with E-state index < -0.39 is 0 Å². The van der Waals surface area contributed by atoms with E-state index in [1.54, 1.807) is 24.3 Å². The van der Waals surface area contributed by atoms with E-state index in [9.17, 15) is 9.59 Å². The van der Waals surface area contributed by atoms with Gasteiger partial charge in [0.2, 0.25) is 11.3 Å². The topological polar surface area (TPSA) is 77.6 Å². The van der Waals surface area contributed by atoms with Gasteiger partial charge in [-0.3, -0.25) is 9.69 Å². The molecular weight excluding hydrogens is 208 g/mol. The number of rotatable bonds is 2. The average molecular weight is 217 g/mol. The molecule has 0 aliphatic carbocycles. The van der Waals surface area contributed by atoms with Crippen LogP contribution in [-0.2, 0) is 11.3 Å². The van der Waals surface area contributed by atoms with Gasteiger partial charge in [-0.25, -0.2) is 4.79 Å². The first-order valence-corrected chi connectivity index (χ1v) is 4.73. The second-order valence-electron chi connectivity index (χ2n) is 3.41. The molecule has 1 heterocycles. The van der Waals surface area contributed by atoms with Crippen LogP contribution in [0.1, 0.15) is 5.56 Å². The first kappa shape index (κ1) is 10.1. The molecule has 6 nitrogen and oxygen atoms in total. The van der Waals surface area contributed by atoms with Gasteiger partial charge in [0, 0.05) is 12.1 Å². The summed E-state index contributed by atoms with van der Waals surface area (Å²) in [5, 5.41) is 10.9. The zero-order chi connectivity index (χ0) is 11.5. The van der Waals surface area contributed by atoms with Gasteiger partial charge in [0.25, 0.3) is 0 Å². The highest BCUT2D eigenvalue weighted by Gasteiger charge is 2.28. The molecule has 0 unspecified atom stereocenters. The largest absolute Gasteiger partial charge is 0.385 e. The van der Waals surface area contributed by atoms with E-state index in [1.807, 2.05) is 0 Å². The Hall–Kier alpha value is -2.42. The summed E-state index contributed by atoms with van der Waals surface area (Å²) in [5.74, 6) is -0.235. The first-order valence-electron chi connectivity index (χ1n) is 4.73. The number of imide groups is 1. The quantitative estimate of drug-likeness (QED) is 0.597. The molecule has 2 rings (SSSR count). The first-order chi connectivity index (χ1) is 7.70.